The van der Waals surface area contributed by atoms with E-state index in [2.05, 4.69) is 10.5 Å². The summed E-state index contributed by atoms with van der Waals surface area (Å²) in [6.07, 6.45) is 1.90. The van der Waals surface area contributed by atoms with Crippen LogP contribution in [0.3, 0.4) is 0 Å². The van der Waals surface area contributed by atoms with Gasteiger partial charge < -0.3 is 19.7 Å². The number of aryl methyl sites for hydroxylation is 1. The molecule has 1 aromatic heterocycles. The maximum atomic E-state index is 11.7. The quantitative estimate of drug-likeness (QED) is 0.749. The zero-order chi connectivity index (χ0) is 11.6. The topological polar surface area (TPSA) is 84.6 Å². The van der Waals surface area contributed by atoms with Crippen LogP contribution in [-0.4, -0.2) is 41.5 Å². The molecule has 2 rings (SSSR count). The molecule has 1 atom stereocenters. The monoisotopic (exact) mass is 226 g/mol. The van der Waals surface area contributed by atoms with Gasteiger partial charge in [-0.15, -0.1) is 0 Å². The third-order valence-corrected chi connectivity index (χ3v) is 2.66. The lowest BCUT2D eigenvalue weighted by molar-refractivity contribution is 0.0264. The van der Waals surface area contributed by atoms with Crippen molar-refractivity contribution in [2.45, 2.75) is 18.9 Å². The molecular formula is C10H14N2O4. The molecule has 6 nitrogen and oxygen atoms in total. The van der Waals surface area contributed by atoms with Gasteiger partial charge in [0.05, 0.1) is 12.8 Å². The number of rotatable bonds is 3. The molecule has 0 spiro atoms. The maximum Gasteiger partial charge on any atom is 0.256 e. The van der Waals surface area contributed by atoms with Gasteiger partial charge in [0.25, 0.3) is 5.91 Å². The molecule has 2 heterocycles. The van der Waals surface area contributed by atoms with Gasteiger partial charge in [-0.3, -0.25) is 4.79 Å². The van der Waals surface area contributed by atoms with Gasteiger partial charge >= 0.3 is 0 Å². The molecule has 1 aliphatic rings. The van der Waals surface area contributed by atoms with Crippen LogP contribution in [0.4, 0.5) is 0 Å². The molecule has 1 aliphatic heterocycles. The average Bonchev–Trinajstić information content (AvgIpc) is 2.85. The second kappa shape index (κ2) is 4.23. The van der Waals surface area contributed by atoms with E-state index in [1.807, 2.05) is 0 Å². The van der Waals surface area contributed by atoms with E-state index < -0.39 is 5.60 Å². The summed E-state index contributed by atoms with van der Waals surface area (Å²) in [6.45, 7) is 2.63. The van der Waals surface area contributed by atoms with Crippen molar-refractivity contribution in [1.29, 1.82) is 0 Å². The van der Waals surface area contributed by atoms with E-state index in [0.717, 1.165) is 0 Å². The average molecular weight is 226 g/mol. The molecule has 0 saturated carbocycles. The molecule has 88 valence electrons. The first-order valence-electron chi connectivity index (χ1n) is 5.10. The molecule has 6 heteroatoms. The summed E-state index contributed by atoms with van der Waals surface area (Å²) in [5, 5.41) is 16.1. The van der Waals surface area contributed by atoms with Crippen LogP contribution in [0.25, 0.3) is 0 Å². The molecule has 1 amide bonds. The lowest BCUT2D eigenvalue weighted by Gasteiger charge is -2.20. The van der Waals surface area contributed by atoms with E-state index in [-0.39, 0.29) is 19.1 Å². The van der Waals surface area contributed by atoms with Crippen LogP contribution in [0.2, 0.25) is 0 Å². The van der Waals surface area contributed by atoms with Gasteiger partial charge in [0, 0.05) is 19.6 Å². The van der Waals surface area contributed by atoms with Crippen molar-refractivity contribution in [2.24, 2.45) is 0 Å². The molecule has 0 bridgehead atoms. The number of aromatic nitrogens is 1. The fourth-order valence-electron chi connectivity index (χ4n) is 1.59. The molecule has 1 unspecified atom stereocenters. The van der Waals surface area contributed by atoms with Crippen LogP contribution < -0.4 is 5.32 Å². The standard InChI is InChI=1S/C10H14N2O4/c1-7-8(4-12-16-7)9(13)11-5-10(14)2-3-15-6-10/h4,14H,2-3,5-6H2,1H3,(H,11,13). The van der Waals surface area contributed by atoms with E-state index in [1.165, 1.54) is 6.20 Å². The summed E-state index contributed by atoms with van der Waals surface area (Å²) >= 11 is 0. The number of amides is 1. The van der Waals surface area contributed by atoms with E-state index in [1.54, 1.807) is 6.92 Å². The second-order valence-electron chi connectivity index (χ2n) is 4.01. The number of ether oxygens (including phenoxy) is 1. The molecular weight excluding hydrogens is 212 g/mol. The molecule has 2 N–H and O–H groups in total. The Morgan fingerprint density at radius 1 is 1.75 bits per heavy atom. The Hall–Kier alpha value is -1.40. The van der Waals surface area contributed by atoms with Crippen LogP contribution in [-0.2, 0) is 4.74 Å². The maximum absolute atomic E-state index is 11.7. The van der Waals surface area contributed by atoms with Crippen LogP contribution in [0.15, 0.2) is 10.7 Å². The molecule has 0 radical (unpaired) electrons. The van der Waals surface area contributed by atoms with E-state index in [0.29, 0.717) is 24.4 Å². The number of carbonyl (C=O) groups is 1. The number of nitrogens with zero attached hydrogens (tertiary/aromatic N) is 1. The molecule has 1 fully saturated rings. The Morgan fingerprint density at radius 3 is 3.12 bits per heavy atom. The number of carbonyl (C=O) groups excluding carboxylic acids is 1. The van der Waals surface area contributed by atoms with Crippen molar-refractivity contribution in [2.75, 3.05) is 19.8 Å². The molecule has 0 aliphatic carbocycles. The van der Waals surface area contributed by atoms with Gasteiger partial charge in [0.1, 0.15) is 16.9 Å². The summed E-state index contributed by atoms with van der Waals surface area (Å²) < 4.78 is 9.86. The lowest BCUT2D eigenvalue weighted by Crippen LogP contribution is -2.43. The van der Waals surface area contributed by atoms with Crippen LogP contribution in [0.1, 0.15) is 22.5 Å². The third-order valence-electron chi connectivity index (χ3n) is 2.66. The SMILES string of the molecule is Cc1oncc1C(=O)NCC1(O)CCOC1. The third kappa shape index (κ3) is 2.23. The van der Waals surface area contributed by atoms with E-state index >= 15 is 0 Å². The lowest BCUT2D eigenvalue weighted by atomic mass is 10.0. The van der Waals surface area contributed by atoms with Crippen molar-refractivity contribution in [1.82, 2.24) is 10.5 Å². The minimum absolute atomic E-state index is 0.177. The smallest absolute Gasteiger partial charge is 0.256 e. The minimum Gasteiger partial charge on any atom is -0.386 e. The Morgan fingerprint density at radius 2 is 2.56 bits per heavy atom. The summed E-state index contributed by atoms with van der Waals surface area (Å²) in [5.41, 5.74) is -0.553. The van der Waals surface area contributed by atoms with Crippen LogP contribution in [0.5, 0.6) is 0 Å². The summed E-state index contributed by atoms with van der Waals surface area (Å²) in [4.78, 5) is 11.7. The van der Waals surface area contributed by atoms with E-state index in [9.17, 15) is 9.90 Å². The molecule has 1 saturated heterocycles. The number of hydrogen-bond donors (Lipinski definition) is 2. The van der Waals surface area contributed by atoms with Gasteiger partial charge in [-0.05, 0) is 6.92 Å². The number of hydrogen-bond acceptors (Lipinski definition) is 5. The largest absolute Gasteiger partial charge is 0.386 e. The van der Waals surface area contributed by atoms with Gasteiger partial charge in [-0.2, -0.15) is 0 Å². The van der Waals surface area contributed by atoms with Crippen molar-refractivity contribution < 1.29 is 19.2 Å². The first-order valence-corrected chi connectivity index (χ1v) is 5.10. The Kier molecular flexibility index (Phi) is 2.93. The zero-order valence-electron chi connectivity index (χ0n) is 9.02. The fraction of sp³-hybridized carbons (Fsp3) is 0.600. The summed E-state index contributed by atoms with van der Waals surface area (Å²) in [5.74, 6) is 0.172. The van der Waals surface area contributed by atoms with Crippen molar-refractivity contribution in [3.63, 3.8) is 0 Å². The second-order valence-corrected chi connectivity index (χ2v) is 4.01. The summed E-state index contributed by atoms with van der Waals surface area (Å²) in [6, 6.07) is 0. The zero-order valence-corrected chi connectivity index (χ0v) is 9.02. The Balaban J connectivity index is 1.91. The van der Waals surface area contributed by atoms with Crippen LogP contribution >= 0.6 is 0 Å². The van der Waals surface area contributed by atoms with Crippen LogP contribution in [0, 0.1) is 6.92 Å². The molecule has 1 aromatic rings. The predicted octanol–water partition coefficient (Wildman–Crippen LogP) is -0.136. The van der Waals surface area contributed by atoms with Gasteiger partial charge in [0.15, 0.2) is 0 Å². The predicted molar refractivity (Wildman–Crippen MR) is 54.0 cm³/mol. The molecule has 0 aromatic carbocycles. The normalized spacial score (nSPS) is 24.6. The van der Waals surface area contributed by atoms with E-state index in [4.69, 9.17) is 9.26 Å². The highest BCUT2D eigenvalue weighted by atomic mass is 16.5. The van der Waals surface area contributed by atoms with Gasteiger partial charge in [-0.25, -0.2) is 0 Å². The Labute approximate surface area is 92.6 Å². The minimum atomic E-state index is -0.944. The van der Waals surface area contributed by atoms with Crippen molar-refractivity contribution >= 4 is 5.91 Å². The van der Waals surface area contributed by atoms with Crippen molar-refractivity contribution in [3.8, 4) is 0 Å². The summed E-state index contributed by atoms with van der Waals surface area (Å²) in [7, 11) is 0. The highest BCUT2D eigenvalue weighted by molar-refractivity contribution is 5.94. The molecule has 16 heavy (non-hydrogen) atoms. The fourth-order valence-corrected chi connectivity index (χ4v) is 1.59. The van der Waals surface area contributed by atoms with Gasteiger partial charge in [-0.1, -0.05) is 5.16 Å². The highest BCUT2D eigenvalue weighted by Crippen LogP contribution is 2.17. The Bertz CT molecular complexity index is 382. The van der Waals surface area contributed by atoms with Crippen molar-refractivity contribution in [3.05, 3.63) is 17.5 Å². The van der Waals surface area contributed by atoms with Gasteiger partial charge in [0.2, 0.25) is 0 Å². The first kappa shape index (κ1) is 11.1. The first-order chi connectivity index (χ1) is 7.61. The number of aliphatic hydroxyl groups is 1. The highest BCUT2D eigenvalue weighted by Gasteiger charge is 2.32. The number of nitrogens with one attached hydrogen (secondary N) is 1.